The van der Waals surface area contributed by atoms with Crippen LogP contribution in [0.4, 0.5) is 0 Å². The summed E-state index contributed by atoms with van der Waals surface area (Å²) in [7, 11) is 0. The second kappa shape index (κ2) is 7.29. The normalized spacial score (nSPS) is 10.9. The molecule has 0 saturated carbocycles. The largest absolute Gasteiger partial charge is 0.455 e. The van der Waals surface area contributed by atoms with Crippen molar-refractivity contribution < 1.29 is 9.21 Å². The first-order valence-corrected chi connectivity index (χ1v) is 7.68. The number of hydrogen-bond donors (Lipinski definition) is 1. The topological polar surface area (TPSA) is 67.5 Å². The van der Waals surface area contributed by atoms with Crippen LogP contribution in [-0.4, -0.2) is 17.1 Å². The quantitative estimate of drug-likeness (QED) is 0.554. The molecule has 24 heavy (non-hydrogen) atoms. The van der Waals surface area contributed by atoms with Crippen molar-refractivity contribution in [3.63, 3.8) is 0 Å². The van der Waals surface area contributed by atoms with E-state index in [-0.39, 0.29) is 5.91 Å². The first kappa shape index (κ1) is 16.2. The fourth-order valence-corrected chi connectivity index (χ4v) is 2.38. The summed E-state index contributed by atoms with van der Waals surface area (Å²) in [6.07, 6.45) is 4.47. The monoisotopic (exact) mass is 359 g/mol. The number of hydrazone groups is 1. The van der Waals surface area contributed by atoms with Crippen molar-refractivity contribution in [2.24, 2.45) is 5.10 Å². The third-order valence-corrected chi connectivity index (χ3v) is 3.96. The van der Waals surface area contributed by atoms with Crippen LogP contribution in [0.5, 0.6) is 0 Å². The Morgan fingerprint density at radius 2 is 1.92 bits per heavy atom. The van der Waals surface area contributed by atoms with E-state index in [1.165, 1.54) is 18.6 Å². The Bertz CT molecular complexity index is 892. The number of nitrogens with zero attached hydrogens (tertiary/aromatic N) is 2. The van der Waals surface area contributed by atoms with E-state index in [9.17, 15) is 4.79 Å². The van der Waals surface area contributed by atoms with E-state index in [2.05, 4.69) is 15.5 Å². The number of carbonyl (C=O) groups excluding carboxylic acids is 1. The number of amides is 1. The Balaban J connectivity index is 1.70. The van der Waals surface area contributed by atoms with Gasteiger partial charge in [-0.15, -0.1) is 0 Å². The number of rotatable bonds is 4. The number of furan rings is 1. The summed E-state index contributed by atoms with van der Waals surface area (Å²) in [6, 6.07) is 12.0. The summed E-state index contributed by atoms with van der Waals surface area (Å²) in [4.78, 5) is 15.7. The van der Waals surface area contributed by atoms with Crippen molar-refractivity contribution in [3.8, 4) is 11.3 Å². The van der Waals surface area contributed by atoms with Crippen LogP contribution >= 0.6 is 23.2 Å². The second-order valence-corrected chi connectivity index (χ2v) is 5.52. The SMILES string of the molecule is O=C(N/N=C/c1ccc(-c2cccc(Cl)c2Cl)o1)c1ccncc1. The van der Waals surface area contributed by atoms with E-state index in [1.54, 1.807) is 42.5 Å². The fourth-order valence-electron chi connectivity index (χ4n) is 1.98. The highest BCUT2D eigenvalue weighted by atomic mass is 35.5. The Kier molecular flexibility index (Phi) is 4.93. The van der Waals surface area contributed by atoms with Crippen molar-refractivity contribution >= 4 is 35.3 Å². The van der Waals surface area contributed by atoms with E-state index in [4.69, 9.17) is 27.6 Å². The molecule has 0 bridgehead atoms. The Morgan fingerprint density at radius 3 is 2.71 bits per heavy atom. The number of hydrogen-bond acceptors (Lipinski definition) is 4. The van der Waals surface area contributed by atoms with Gasteiger partial charge in [0.15, 0.2) is 0 Å². The second-order valence-electron chi connectivity index (χ2n) is 4.74. The maximum atomic E-state index is 11.8. The number of aromatic nitrogens is 1. The minimum Gasteiger partial charge on any atom is -0.455 e. The molecule has 0 aliphatic heterocycles. The predicted molar refractivity (Wildman–Crippen MR) is 93.5 cm³/mol. The molecule has 120 valence electrons. The number of nitrogens with one attached hydrogen (secondary N) is 1. The molecule has 5 nitrogen and oxygen atoms in total. The van der Waals surface area contributed by atoms with Gasteiger partial charge in [-0.2, -0.15) is 5.10 Å². The minimum atomic E-state index is -0.335. The zero-order chi connectivity index (χ0) is 16.9. The summed E-state index contributed by atoms with van der Waals surface area (Å²) in [6.45, 7) is 0. The lowest BCUT2D eigenvalue weighted by Crippen LogP contribution is -2.17. The van der Waals surface area contributed by atoms with Gasteiger partial charge in [-0.05, 0) is 36.4 Å². The molecule has 0 aliphatic carbocycles. The lowest BCUT2D eigenvalue weighted by molar-refractivity contribution is 0.0955. The van der Waals surface area contributed by atoms with Gasteiger partial charge in [-0.1, -0.05) is 29.3 Å². The molecule has 1 amide bonds. The standard InChI is InChI=1S/C17H11Cl2N3O2/c18-14-3-1-2-13(16(14)19)15-5-4-12(24-15)10-21-22-17(23)11-6-8-20-9-7-11/h1-10H,(H,22,23)/b21-10+. The third kappa shape index (κ3) is 3.64. The molecule has 0 atom stereocenters. The fraction of sp³-hybridized carbons (Fsp3) is 0. The Morgan fingerprint density at radius 1 is 1.12 bits per heavy atom. The molecular formula is C17H11Cl2N3O2. The highest BCUT2D eigenvalue weighted by Gasteiger charge is 2.10. The minimum absolute atomic E-state index is 0.335. The number of pyridine rings is 1. The summed E-state index contributed by atoms with van der Waals surface area (Å²) < 4.78 is 5.64. The predicted octanol–water partition coefficient (Wildman–Crippen LogP) is 4.41. The molecule has 0 saturated heterocycles. The lowest BCUT2D eigenvalue weighted by atomic mass is 10.2. The van der Waals surface area contributed by atoms with Gasteiger partial charge in [-0.3, -0.25) is 9.78 Å². The van der Waals surface area contributed by atoms with Gasteiger partial charge >= 0.3 is 0 Å². The van der Waals surface area contributed by atoms with E-state index >= 15 is 0 Å². The maximum Gasteiger partial charge on any atom is 0.271 e. The van der Waals surface area contributed by atoms with Crippen LogP contribution < -0.4 is 5.43 Å². The molecule has 0 unspecified atom stereocenters. The first-order chi connectivity index (χ1) is 11.6. The summed E-state index contributed by atoms with van der Waals surface area (Å²) in [5.74, 6) is 0.693. The zero-order valence-corrected chi connectivity index (χ0v) is 13.8. The van der Waals surface area contributed by atoms with E-state index < -0.39 is 0 Å². The molecule has 0 fully saturated rings. The molecule has 7 heteroatoms. The van der Waals surface area contributed by atoms with Crippen molar-refractivity contribution in [2.45, 2.75) is 0 Å². The van der Waals surface area contributed by atoms with Crippen LogP contribution in [0.15, 0.2) is 64.4 Å². The van der Waals surface area contributed by atoms with Crippen LogP contribution in [0.2, 0.25) is 10.0 Å². The van der Waals surface area contributed by atoms with Gasteiger partial charge < -0.3 is 4.42 Å². The Hall–Kier alpha value is -2.63. The summed E-state index contributed by atoms with van der Waals surface area (Å²) in [5, 5.41) is 4.74. The average molecular weight is 360 g/mol. The maximum absolute atomic E-state index is 11.8. The van der Waals surface area contributed by atoms with E-state index in [0.717, 1.165) is 0 Å². The smallest absolute Gasteiger partial charge is 0.271 e. The zero-order valence-electron chi connectivity index (χ0n) is 12.2. The number of halogens is 2. The molecule has 3 rings (SSSR count). The molecule has 0 aliphatic rings. The molecule has 3 aromatic rings. The molecule has 1 N–H and O–H groups in total. The van der Waals surface area contributed by atoms with Crippen LogP contribution in [0.3, 0.4) is 0 Å². The van der Waals surface area contributed by atoms with E-state index in [1.807, 2.05) is 0 Å². The van der Waals surface area contributed by atoms with Gasteiger partial charge in [0.2, 0.25) is 0 Å². The highest BCUT2D eigenvalue weighted by Crippen LogP contribution is 2.34. The van der Waals surface area contributed by atoms with Crippen LogP contribution in [0.1, 0.15) is 16.1 Å². The third-order valence-electron chi connectivity index (χ3n) is 3.14. The van der Waals surface area contributed by atoms with Crippen molar-refractivity contribution in [2.75, 3.05) is 0 Å². The average Bonchev–Trinajstić information content (AvgIpc) is 3.06. The Labute approximate surface area is 147 Å². The highest BCUT2D eigenvalue weighted by molar-refractivity contribution is 6.43. The summed E-state index contributed by atoms with van der Waals surface area (Å²) in [5.41, 5.74) is 3.56. The van der Waals surface area contributed by atoms with Crippen molar-refractivity contribution in [3.05, 3.63) is 76.2 Å². The number of carbonyl (C=O) groups is 1. The lowest BCUT2D eigenvalue weighted by Gasteiger charge is -2.01. The van der Waals surface area contributed by atoms with Gasteiger partial charge in [0.25, 0.3) is 5.91 Å². The van der Waals surface area contributed by atoms with Gasteiger partial charge in [0.05, 0.1) is 16.3 Å². The van der Waals surface area contributed by atoms with Gasteiger partial charge in [0.1, 0.15) is 11.5 Å². The molecule has 1 aromatic carbocycles. The summed E-state index contributed by atoms with van der Waals surface area (Å²) >= 11 is 12.2. The van der Waals surface area contributed by atoms with Crippen LogP contribution in [0.25, 0.3) is 11.3 Å². The molecule has 2 aromatic heterocycles. The number of benzene rings is 1. The molecule has 0 radical (unpaired) electrons. The van der Waals surface area contributed by atoms with Crippen molar-refractivity contribution in [1.29, 1.82) is 0 Å². The van der Waals surface area contributed by atoms with Gasteiger partial charge in [-0.25, -0.2) is 5.43 Å². The van der Waals surface area contributed by atoms with Crippen LogP contribution in [-0.2, 0) is 0 Å². The molecule has 2 heterocycles. The van der Waals surface area contributed by atoms with E-state index in [0.29, 0.717) is 32.7 Å². The molecular weight excluding hydrogens is 349 g/mol. The first-order valence-electron chi connectivity index (χ1n) is 6.93. The van der Waals surface area contributed by atoms with Gasteiger partial charge in [0, 0.05) is 23.5 Å². The van der Waals surface area contributed by atoms with Crippen molar-refractivity contribution in [1.82, 2.24) is 10.4 Å². The molecule has 0 spiro atoms. The van der Waals surface area contributed by atoms with Crippen LogP contribution in [0, 0.1) is 0 Å².